The van der Waals surface area contributed by atoms with Gasteiger partial charge >= 0.3 is 0 Å². The zero-order valence-electron chi connectivity index (χ0n) is 40.4. The molecule has 0 bridgehead atoms. The lowest BCUT2D eigenvalue weighted by Crippen LogP contribution is -2.41. The maximum Gasteiger partial charge on any atom is 0.0212 e. The fraction of sp³-hybridized carbons (Fsp3) is 0.111. The van der Waals surface area contributed by atoms with Crippen molar-refractivity contribution in [3.63, 3.8) is 0 Å². The summed E-state index contributed by atoms with van der Waals surface area (Å²) < 4.78 is 0. The molecule has 0 heteroatoms. The Morgan fingerprint density at radius 1 is 0.319 bits per heavy atom. The highest BCUT2D eigenvalue weighted by molar-refractivity contribution is 6.21. The molecule has 0 N–H and O–H groups in total. The number of hydrogen-bond acceptors (Lipinski definition) is 0. The SMILES string of the molecule is Cc1ccccc1-c1c2c(c(-c3ccccc3C)c3cc4c(cc13)C1=CC=CC3C=CC=C4C13)C1=CC=C3c4ccc5c6c4=C(CCC=6c4c(-c6ccccc6)ccc(-c6ccccc6)c4-5)C4=CC=C2C1C43. The van der Waals surface area contributed by atoms with Crippen molar-refractivity contribution in [2.24, 2.45) is 23.7 Å². The second-order valence-corrected chi connectivity index (χ2v) is 21.6. The van der Waals surface area contributed by atoms with Gasteiger partial charge in [-0.2, -0.15) is 0 Å². The van der Waals surface area contributed by atoms with E-state index in [0.29, 0.717) is 11.8 Å². The van der Waals surface area contributed by atoms with Crippen molar-refractivity contribution in [2.45, 2.75) is 26.7 Å². The molecule has 0 saturated carbocycles. The van der Waals surface area contributed by atoms with Gasteiger partial charge in [0.1, 0.15) is 0 Å². The van der Waals surface area contributed by atoms with Crippen LogP contribution >= 0.6 is 0 Å². The Balaban J connectivity index is 0.965. The molecule has 336 valence electrons. The molecule has 4 atom stereocenters. The molecule has 0 heterocycles. The van der Waals surface area contributed by atoms with Crippen molar-refractivity contribution >= 4 is 49.8 Å². The predicted octanol–water partition coefficient (Wildman–Crippen LogP) is 16.5. The van der Waals surface area contributed by atoms with Gasteiger partial charge in [-0.1, -0.05) is 194 Å². The van der Waals surface area contributed by atoms with Crippen LogP contribution < -0.4 is 10.4 Å². The first kappa shape index (κ1) is 39.4. The molecule has 0 amide bonds. The number of fused-ring (bicyclic) bond motifs is 12. The molecule has 0 nitrogen and oxygen atoms in total. The molecule has 8 aromatic rings. The lowest BCUT2D eigenvalue weighted by Gasteiger charge is -2.41. The molecule has 0 saturated heterocycles. The van der Waals surface area contributed by atoms with Crippen molar-refractivity contribution in [2.75, 3.05) is 0 Å². The van der Waals surface area contributed by atoms with Crippen molar-refractivity contribution in [3.05, 3.63) is 267 Å². The summed E-state index contributed by atoms with van der Waals surface area (Å²) in [5.74, 6) is 1.21. The van der Waals surface area contributed by atoms with Gasteiger partial charge in [-0.25, -0.2) is 0 Å². The Hall–Kier alpha value is -8.32. The van der Waals surface area contributed by atoms with Gasteiger partial charge in [0, 0.05) is 23.7 Å². The summed E-state index contributed by atoms with van der Waals surface area (Å²) in [6.07, 6.45) is 26.6. The molecule has 4 unspecified atom stereocenters. The smallest absolute Gasteiger partial charge is 0.0212 e. The molecule has 0 spiro atoms. The maximum atomic E-state index is 2.62. The molecule has 0 aliphatic heterocycles. The van der Waals surface area contributed by atoms with Gasteiger partial charge in [-0.05, 0) is 205 Å². The van der Waals surface area contributed by atoms with Gasteiger partial charge in [-0.15, -0.1) is 0 Å². The van der Waals surface area contributed by atoms with Gasteiger partial charge in [0.2, 0.25) is 0 Å². The van der Waals surface area contributed by atoms with E-state index < -0.39 is 0 Å². The summed E-state index contributed by atoms with van der Waals surface area (Å²) in [6.45, 7) is 4.64. The van der Waals surface area contributed by atoms with E-state index in [1.54, 1.807) is 5.57 Å². The molecule has 0 aromatic heterocycles. The summed E-state index contributed by atoms with van der Waals surface area (Å²) in [7, 11) is 0. The summed E-state index contributed by atoms with van der Waals surface area (Å²) >= 11 is 0. The Morgan fingerprint density at radius 2 is 0.778 bits per heavy atom. The van der Waals surface area contributed by atoms with E-state index in [9.17, 15) is 0 Å². The minimum Gasteiger partial charge on any atom is -0.0767 e. The van der Waals surface area contributed by atoms with Crippen LogP contribution in [0.15, 0.2) is 212 Å². The molecular formula is C72H48. The summed E-state index contributed by atoms with van der Waals surface area (Å²) in [5, 5.41) is 5.69. The van der Waals surface area contributed by atoms with Crippen LogP contribution in [-0.4, -0.2) is 0 Å². The van der Waals surface area contributed by atoms with E-state index in [2.05, 4.69) is 220 Å². The lowest BCUT2D eigenvalue weighted by molar-refractivity contribution is 0.688. The van der Waals surface area contributed by atoms with Gasteiger partial charge in [0.05, 0.1) is 0 Å². The summed E-state index contributed by atoms with van der Waals surface area (Å²) in [4.78, 5) is 0. The first-order valence-corrected chi connectivity index (χ1v) is 26.2. The predicted molar refractivity (Wildman–Crippen MR) is 302 cm³/mol. The minimum atomic E-state index is 0.211. The van der Waals surface area contributed by atoms with Crippen molar-refractivity contribution in [3.8, 4) is 55.6 Å². The summed E-state index contributed by atoms with van der Waals surface area (Å²) in [5.41, 5.74) is 36.6. The highest BCUT2D eigenvalue weighted by atomic mass is 14.5. The fourth-order valence-corrected chi connectivity index (χ4v) is 15.5. The number of hydrogen-bond donors (Lipinski definition) is 0. The average molecular weight is 913 g/mol. The topological polar surface area (TPSA) is 0 Å². The first-order chi connectivity index (χ1) is 35.6. The average Bonchev–Trinajstić information content (AvgIpc) is 4.07. The largest absolute Gasteiger partial charge is 0.0767 e. The quantitative estimate of drug-likeness (QED) is 0.165. The third-order valence-corrected chi connectivity index (χ3v) is 18.3. The zero-order valence-corrected chi connectivity index (χ0v) is 40.4. The van der Waals surface area contributed by atoms with E-state index >= 15 is 0 Å². The zero-order chi connectivity index (χ0) is 47.1. The van der Waals surface area contributed by atoms with E-state index in [1.807, 2.05) is 0 Å². The molecule has 0 radical (unpaired) electrons. The highest BCUT2D eigenvalue weighted by Crippen LogP contribution is 2.66. The van der Waals surface area contributed by atoms with E-state index in [0.717, 1.165) is 12.8 Å². The molecule has 8 aromatic carbocycles. The lowest BCUT2D eigenvalue weighted by atomic mass is 9.62. The molecule has 9 aliphatic carbocycles. The van der Waals surface area contributed by atoms with Gasteiger partial charge in [0.25, 0.3) is 0 Å². The maximum absolute atomic E-state index is 2.62. The van der Waals surface area contributed by atoms with Crippen molar-refractivity contribution in [1.82, 2.24) is 0 Å². The van der Waals surface area contributed by atoms with Crippen LogP contribution in [0.1, 0.15) is 57.3 Å². The molecule has 0 fully saturated rings. The van der Waals surface area contributed by atoms with E-state index in [4.69, 9.17) is 0 Å². The van der Waals surface area contributed by atoms with Crippen LogP contribution in [0.3, 0.4) is 0 Å². The number of allylic oxidation sites excluding steroid dienone is 16. The van der Waals surface area contributed by atoms with Crippen molar-refractivity contribution < 1.29 is 0 Å². The Morgan fingerprint density at radius 3 is 1.38 bits per heavy atom. The van der Waals surface area contributed by atoms with Crippen LogP contribution in [0, 0.1) is 37.5 Å². The molecular weight excluding hydrogens is 865 g/mol. The summed E-state index contributed by atoms with van der Waals surface area (Å²) in [6, 6.07) is 55.6. The first-order valence-electron chi connectivity index (χ1n) is 26.2. The number of rotatable bonds is 4. The van der Waals surface area contributed by atoms with E-state index in [1.165, 1.54) is 160 Å². The van der Waals surface area contributed by atoms with Crippen LogP contribution in [-0.2, 0) is 0 Å². The van der Waals surface area contributed by atoms with Crippen LogP contribution in [0.2, 0.25) is 0 Å². The Kier molecular flexibility index (Phi) is 7.76. The third kappa shape index (κ3) is 4.93. The molecule has 9 aliphatic rings. The van der Waals surface area contributed by atoms with Gasteiger partial charge < -0.3 is 0 Å². The van der Waals surface area contributed by atoms with Gasteiger partial charge in [0.15, 0.2) is 0 Å². The van der Waals surface area contributed by atoms with Crippen molar-refractivity contribution in [1.29, 1.82) is 0 Å². The normalized spacial score (nSPS) is 21.1. The second kappa shape index (κ2) is 14.2. The minimum absolute atomic E-state index is 0.211. The molecule has 72 heavy (non-hydrogen) atoms. The standard InChI is InChI=1S/C72H48/c1-39-15-9-11-23-44(39)63-60-37-58-48-25-13-21-43-22-14-26-49(62(43)48)59(58)38-61(60)64(45-24-12-10-16-40(45)2)72-57-36-32-53-51-30-34-55-66-47(42-19-7-4-8-20-42)28-27-46(41-17-5-3-6-18-41)65(66)54-33-29-50(67(51)69(54)55)52-31-35-56(71(63)72)70(57)68(52)53/h3-29,31-33,35-38,43,62,68,70H,30,34H2,1-2H3. The molecule has 17 rings (SSSR count). The number of aryl methyl sites for hydroxylation is 2. The Labute approximate surface area is 420 Å². The third-order valence-electron chi connectivity index (χ3n) is 18.3. The fourth-order valence-electron chi connectivity index (χ4n) is 15.5. The highest BCUT2D eigenvalue weighted by Gasteiger charge is 2.50. The Bertz CT molecular complexity index is 4320. The van der Waals surface area contributed by atoms with Crippen LogP contribution in [0.5, 0.6) is 0 Å². The monoisotopic (exact) mass is 912 g/mol. The van der Waals surface area contributed by atoms with Crippen LogP contribution in [0.4, 0.5) is 0 Å². The number of benzene rings is 8. The van der Waals surface area contributed by atoms with E-state index in [-0.39, 0.29) is 11.8 Å². The van der Waals surface area contributed by atoms with Gasteiger partial charge in [-0.3, -0.25) is 0 Å². The second-order valence-electron chi connectivity index (χ2n) is 21.6. The van der Waals surface area contributed by atoms with Crippen LogP contribution in [0.25, 0.3) is 105 Å².